The largest absolute Gasteiger partial charge is 0.159 e. The third kappa shape index (κ3) is 3.90. The summed E-state index contributed by atoms with van der Waals surface area (Å²) in [6.45, 7) is 9.10. The first-order chi connectivity index (χ1) is 6.94. The van der Waals surface area contributed by atoms with E-state index in [0.717, 1.165) is 0 Å². The fourth-order valence-electron chi connectivity index (χ4n) is 1.83. The molecule has 15 heavy (non-hydrogen) atoms. The van der Waals surface area contributed by atoms with Gasteiger partial charge in [0.15, 0.2) is 0 Å². The first-order valence-electron chi connectivity index (χ1n) is 5.56. The van der Waals surface area contributed by atoms with Gasteiger partial charge in [-0.1, -0.05) is 50.6 Å². The minimum Gasteiger partial charge on any atom is -0.159 e. The van der Waals surface area contributed by atoms with Gasteiger partial charge in [-0.3, -0.25) is 0 Å². The van der Waals surface area contributed by atoms with Gasteiger partial charge in [-0.2, -0.15) is 11.8 Å². The molecule has 0 heterocycles. The fourth-order valence-corrected chi connectivity index (χ4v) is 2.25. The van der Waals surface area contributed by atoms with Crippen LogP contribution in [0.3, 0.4) is 0 Å². The number of hydrogen-bond acceptors (Lipinski definition) is 1. The Morgan fingerprint density at radius 2 is 1.73 bits per heavy atom. The molecule has 1 aromatic rings. The van der Waals surface area contributed by atoms with Gasteiger partial charge in [0.25, 0.3) is 0 Å². The smallest absolute Gasteiger partial charge is 0.0106 e. The van der Waals surface area contributed by atoms with E-state index in [0.29, 0.717) is 10.7 Å². The van der Waals surface area contributed by atoms with Crippen LogP contribution in [0.2, 0.25) is 0 Å². The summed E-state index contributed by atoms with van der Waals surface area (Å²) in [7, 11) is 0. The lowest BCUT2D eigenvalue weighted by molar-refractivity contribution is 0.566. The molecular weight excluding hydrogens is 200 g/mol. The van der Waals surface area contributed by atoms with E-state index in [2.05, 4.69) is 58.2 Å². The molecule has 1 unspecified atom stereocenters. The van der Waals surface area contributed by atoms with Crippen LogP contribution >= 0.6 is 11.8 Å². The van der Waals surface area contributed by atoms with Crippen molar-refractivity contribution in [3.63, 3.8) is 0 Å². The molecule has 0 nitrogen and oxygen atoms in total. The average molecular weight is 222 g/mol. The molecule has 0 saturated carbocycles. The lowest BCUT2D eigenvalue weighted by atomic mass is 9.91. The second-order valence-corrected chi connectivity index (χ2v) is 6.49. The molecule has 0 aliphatic heterocycles. The monoisotopic (exact) mass is 222 g/mol. The van der Waals surface area contributed by atoms with Gasteiger partial charge in [-0.15, -0.1) is 0 Å². The molecule has 0 aromatic heterocycles. The first-order valence-corrected chi connectivity index (χ1v) is 6.79. The molecule has 0 saturated heterocycles. The summed E-state index contributed by atoms with van der Waals surface area (Å²) in [5.41, 5.74) is 2.80. The second-order valence-electron chi connectivity index (χ2n) is 4.98. The molecule has 0 bridgehead atoms. The highest BCUT2D eigenvalue weighted by molar-refractivity contribution is 7.99. The zero-order valence-electron chi connectivity index (χ0n) is 10.5. The van der Waals surface area contributed by atoms with E-state index in [4.69, 9.17) is 0 Å². The maximum absolute atomic E-state index is 2.32. The number of hydrogen-bond donors (Lipinski definition) is 0. The Morgan fingerprint density at radius 1 is 1.20 bits per heavy atom. The van der Waals surface area contributed by atoms with Crippen LogP contribution in [-0.4, -0.2) is 11.0 Å². The van der Waals surface area contributed by atoms with Crippen molar-refractivity contribution in [2.24, 2.45) is 0 Å². The molecule has 1 aromatic carbocycles. The van der Waals surface area contributed by atoms with Crippen molar-refractivity contribution in [2.75, 3.05) is 6.26 Å². The number of aryl methyl sites for hydroxylation is 1. The van der Waals surface area contributed by atoms with Crippen LogP contribution in [0.25, 0.3) is 0 Å². The summed E-state index contributed by atoms with van der Waals surface area (Å²) in [6, 6.07) is 8.93. The molecule has 1 rings (SSSR count). The van der Waals surface area contributed by atoms with Gasteiger partial charge in [0, 0.05) is 4.75 Å². The molecule has 84 valence electrons. The summed E-state index contributed by atoms with van der Waals surface area (Å²) < 4.78 is 0.379. The Bertz CT molecular complexity index is 298. The molecule has 0 radical (unpaired) electrons. The average Bonchev–Trinajstić information content (AvgIpc) is 2.18. The van der Waals surface area contributed by atoms with Crippen molar-refractivity contribution in [3.8, 4) is 0 Å². The maximum Gasteiger partial charge on any atom is 0.0106 e. The van der Waals surface area contributed by atoms with E-state index in [9.17, 15) is 0 Å². The molecule has 0 N–H and O–H groups in total. The van der Waals surface area contributed by atoms with Crippen molar-refractivity contribution in [1.29, 1.82) is 0 Å². The van der Waals surface area contributed by atoms with E-state index < -0.39 is 0 Å². The van der Waals surface area contributed by atoms with E-state index in [-0.39, 0.29) is 0 Å². The van der Waals surface area contributed by atoms with Crippen molar-refractivity contribution in [1.82, 2.24) is 0 Å². The summed E-state index contributed by atoms with van der Waals surface area (Å²) in [5.74, 6) is 0.646. The number of rotatable bonds is 4. The fraction of sp³-hybridized carbons (Fsp3) is 0.571. The zero-order valence-corrected chi connectivity index (χ0v) is 11.3. The lowest BCUT2D eigenvalue weighted by Crippen LogP contribution is -2.17. The van der Waals surface area contributed by atoms with Crippen LogP contribution in [0.4, 0.5) is 0 Å². The van der Waals surface area contributed by atoms with E-state index in [1.54, 1.807) is 0 Å². The third-order valence-electron chi connectivity index (χ3n) is 3.00. The number of thioether (sulfide) groups is 1. The van der Waals surface area contributed by atoms with Crippen LogP contribution in [0.15, 0.2) is 24.3 Å². The minimum atomic E-state index is 0.379. The van der Waals surface area contributed by atoms with Gasteiger partial charge in [-0.25, -0.2) is 0 Å². The highest BCUT2D eigenvalue weighted by Gasteiger charge is 2.20. The van der Waals surface area contributed by atoms with Gasteiger partial charge in [-0.05, 0) is 31.1 Å². The van der Waals surface area contributed by atoms with Gasteiger partial charge in [0.2, 0.25) is 0 Å². The molecule has 0 aliphatic rings. The van der Waals surface area contributed by atoms with Gasteiger partial charge >= 0.3 is 0 Å². The minimum absolute atomic E-state index is 0.379. The highest BCUT2D eigenvalue weighted by Crippen LogP contribution is 2.33. The van der Waals surface area contributed by atoms with Crippen LogP contribution in [0.1, 0.15) is 44.2 Å². The van der Waals surface area contributed by atoms with E-state index >= 15 is 0 Å². The van der Waals surface area contributed by atoms with Gasteiger partial charge in [0.1, 0.15) is 0 Å². The second kappa shape index (κ2) is 5.07. The van der Waals surface area contributed by atoms with Crippen LogP contribution in [0.5, 0.6) is 0 Å². The zero-order chi connectivity index (χ0) is 11.5. The highest BCUT2D eigenvalue weighted by atomic mass is 32.2. The van der Waals surface area contributed by atoms with Crippen molar-refractivity contribution >= 4 is 11.8 Å². The predicted molar refractivity (Wildman–Crippen MR) is 71.8 cm³/mol. The molecule has 1 heteroatoms. The lowest BCUT2D eigenvalue weighted by Gasteiger charge is -2.26. The van der Waals surface area contributed by atoms with Crippen molar-refractivity contribution in [3.05, 3.63) is 35.4 Å². The standard InChI is InChI=1S/C14H22S/c1-11-6-8-13(9-7-11)12(2)10-14(3,4)15-5/h6-9,12H,10H2,1-5H3. The van der Waals surface area contributed by atoms with Crippen LogP contribution in [-0.2, 0) is 0 Å². The molecule has 0 aliphatic carbocycles. The predicted octanol–water partition coefficient (Wildman–Crippen LogP) is 4.63. The topological polar surface area (TPSA) is 0 Å². The molecule has 0 fully saturated rings. The van der Waals surface area contributed by atoms with Gasteiger partial charge in [0.05, 0.1) is 0 Å². The third-order valence-corrected chi connectivity index (χ3v) is 4.27. The van der Waals surface area contributed by atoms with Crippen LogP contribution in [0, 0.1) is 6.92 Å². The van der Waals surface area contributed by atoms with Gasteiger partial charge < -0.3 is 0 Å². The molecular formula is C14H22S. The maximum atomic E-state index is 2.32. The first kappa shape index (κ1) is 12.6. The molecule has 0 amide bonds. The Balaban J connectivity index is 2.69. The summed E-state index contributed by atoms with van der Waals surface area (Å²) in [4.78, 5) is 0. The molecule has 0 spiro atoms. The van der Waals surface area contributed by atoms with Crippen molar-refractivity contribution < 1.29 is 0 Å². The number of benzene rings is 1. The Morgan fingerprint density at radius 3 is 2.20 bits per heavy atom. The SMILES string of the molecule is CSC(C)(C)CC(C)c1ccc(C)cc1. The summed E-state index contributed by atoms with van der Waals surface area (Å²) in [6.07, 6.45) is 3.43. The van der Waals surface area contributed by atoms with E-state index in [1.807, 2.05) is 11.8 Å². The normalized spacial score (nSPS) is 13.9. The molecule has 1 atom stereocenters. The Kier molecular flexibility index (Phi) is 4.27. The summed E-state index contributed by atoms with van der Waals surface area (Å²) >= 11 is 1.95. The van der Waals surface area contributed by atoms with Crippen LogP contribution < -0.4 is 0 Å². The summed E-state index contributed by atoms with van der Waals surface area (Å²) in [5, 5.41) is 0. The van der Waals surface area contributed by atoms with E-state index in [1.165, 1.54) is 17.5 Å². The van der Waals surface area contributed by atoms with Crippen molar-refractivity contribution in [2.45, 2.75) is 44.8 Å². The Labute approximate surface area is 98.5 Å². The quantitative estimate of drug-likeness (QED) is 0.715. The Hall–Kier alpha value is -0.430.